The van der Waals surface area contributed by atoms with E-state index < -0.39 is 0 Å². The minimum atomic E-state index is 0.764. The number of hydrogen-bond acceptors (Lipinski definition) is 3. The highest BCUT2D eigenvalue weighted by Crippen LogP contribution is 2.20. The first-order chi connectivity index (χ1) is 8.42. The molecule has 0 aliphatic carbocycles. The summed E-state index contributed by atoms with van der Waals surface area (Å²) in [6.45, 7) is 2.28. The molecular weight excluding hydrogens is 214 g/mol. The van der Waals surface area contributed by atoms with E-state index in [1.54, 1.807) is 12.5 Å². The molecule has 1 aliphatic rings. The van der Waals surface area contributed by atoms with E-state index in [0.29, 0.717) is 0 Å². The van der Waals surface area contributed by atoms with Crippen LogP contribution in [0.3, 0.4) is 0 Å². The van der Waals surface area contributed by atoms with Crippen molar-refractivity contribution < 1.29 is 4.42 Å². The van der Waals surface area contributed by atoms with Crippen molar-refractivity contribution in [2.24, 2.45) is 5.92 Å². The van der Waals surface area contributed by atoms with E-state index in [1.165, 1.54) is 12.8 Å². The number of imidazole rings is 1. The van der Waals surface area contributed by atoms with E-state index >= 15 is 0 Å². The molecule has 17 heavy (non-hydrogen) atoms. The number of aromatic amines is 1. The van der Waals surface area contributed by atoms with Crippen LogP contribution >= 0.6 is 0 Å². The van der Waals surface area contributed by atoms with Gasteiger partial charge in [-0.05, 0) is 37.9 Å². The predicted molar refractivity (Wildman–Crippen MR) is 65.6 cm³/mol. The van der Waals surface area contributed by atoms with Gasteiger partial charge in [0.1, 0.15) is 5.82 Å². The van der Waals surface area contributed by atoms with Crippen LogP contribution in [0.5, 0.6) is 0 Å². The number of H-pyrrole nitrogens is 1. The van der Waals surface area contributed by atoms with Gasteiger partial charge >= 0.3 is 0 Å². The number of piperidine rings is 1. The number of aromatic nitrogens is 2. The third kappa shape index (κ3) is 2.42. The van der Waals surface area contributed by atoms with Gasteiger partial charge in [-0.1, -0.05) is 0 Å². The van der Waals surface area contributed by atoms with Gasteiger partial charge in [0.2, 0.25) is 0 Å². The lowest BCUT2D eigenvalue weighted by Crippen LogP contribution is -2.28. The summed E-state index contributed by atoms with van der Waals surface area (Å²) in [4.78, 5) is 7.82. The van der Waals surface area contributed by atoms with Crippen molar-refractivity contribution in [3.63, 3.8) is 0 Å². The molecule has 3 rings (SSSR count). The zero-order valence-corrected chi connectivity index (χ0v) is 9.78. The number of rotatable bonds is 3. The fourth-order valence-electron chi connectivity index (χ4n) is 2.39. The van der Waals surface area contributed by atoms with Gasteiger partial charge in [-0.3, -0.25) is 0 Å². The van der Waals surface area contributed by atoms with Crippen molar-refractivity contribution in [1.29, 1.82) is 0 Å². The average Bonchev–Trinajstić information content (AvgIpc) is 3.00. The van der Waals surface area contributed by atoms with Gasteiger partial charge < -0.3 is 14.7 Å². The van der Waals surface area contributed by atoms with Crippen molar-refractivity contribution in [2.45, 2.75) is 19.3 Å². The highest BCUT2D eigenvalue weighted by atomic mass is 16.3. The molecule has 2 aromatic rings. The van der Waals surface area contributed by atoms with Crippen LogP contribution in [-0.4, -0.2) is 23.1 Å². The van der Waals surface area contributed by atoms with E-state index in [4.69, 9.17) is 4.42 Å². The van der Waals surface area contributed by atoms with Gasteiger partial charge in [-0.2, -0.15) is 0 Å². The van der Waals surface area contributed by atoms with Gasteiger partial charge in [0.25, 0.3) is 0 Å². The lowest BCUT2D eigenvalue weighted by molar-refractivity contribution is 0.368. The minimum Gasteiger partial charge on any atom is -0.472 e. The smallest absolute Gasteiger partial charge is 0.106 e. The van der Waals surface area contributed by atoms with E-state index in [9.17, 15) is 0 Å². The Labute approximate surface area is 100 Å². The zero-order chi connectivity index (χ0) is 11.5. The molecule has 1 saturated heterocycles. The summed E-state index contributed by atoms with van der Waals surface area (Å²) in [5, 5.41) is 3.39. The van der Waals surface area contributed by atoms with Crippen LogP contribution in [0, 0.1) is 5.92 Å². The minimum absolute atomic E-state index is 0.764. The molecule has 0 atom stereocenters. The number of nitrogens with zero attached hydrogens (tertiary/aromatic N) is 1. The van der Waals surface area contributed by atoms with Crippen LogP contribution < -0.4 is 5.32 Å². The molecule has 2 aromatic heterocycles. The lowest BCUT2D eigenvalue weighted by Gasteiger charge is -2.21. The molecule has 2 N–H and O–H groups in total. The fourth-order valence-corrected chi connectivity index (χ4v) is 2.39. The second kappa shape index (κ2) is 4.75. The highest BCUT2D eigenvalue weighted by Gasteiger charge is 2.15. The van der Waals surface area contributed by atoms with Crippen LogP contribution in [0.15, 0.2) is 29.2 Å². The largest absolute Gasteiger partial charge is 0.472 e. The van der Waals surface area contributed by atoms with Crippen molar-refractivity contribution >= 4 is 0 Å². The van der Waals surface area contributed by atoms with E-state index in [2.05, 4.69) is 15.3 Å². The summed E-state index contributed by atoms with van der Waals surface area (Å²) in [7, 11) is 0. The van der Waals surface area contributed by atoms with Crippen LogP contribution in [0.2, 0.25) is 0 Å². The lowest BCUT2D eigenvalue weighted by atomic mass is 9.94. The Kier molecular flexibility index (Phi) is 2.96. The van der Waals surface area contributed by atoms with E-state index in [-0.39, 0.29) is 0 Å². The van der Waals surface area contributed by atoms with E-state index in [1.807, 2.05) is 12.3 Å². The standard InChI is InChI=1S/C13H17N3O/c1-4-14-5-2-10(1)7-13-15-8-12(16-13)11-3-6-17-9-11/h3,6,8-10,14H,1-2,4-5,7H2,(H,15,16). The number of furan rings is 1. The van der Waals surface area contributed by atoms with Gasteiger partial charge in [-0.25, -0.2) is 4.98 Å². The summed E-state index contributed by atoms with van der Waals surface area (Å²) in [5.41, 5.74) is 2.11. The number of nitrogens with one attached hydrogen (secondary N) is 2. The molecule has 0 unspecified atom stereocenters. The molecule has 0 aromatic carbocycles. The van der Waals surface area contributed by atoms with Gasteiger partial charge in [0, 0.05) is 12.0 Å². The Balaban J connectivity index is 1.68. The maximum Gasteiger partial charge on any atom is 0.106 e. The van der Waals surface area contributed by atoms with Gasteiger partial charge in [0.05, 0.1) is 24.4 Å². The molecule has 90 valence electrons. The molecule has 0 amide bonds. The maximum absolute atomic E-state index is 5.07. The SMILES string of the molecule is c1cc(-c2cnc(CC3CCNCC3)[nH]2)co1. The summed E-state index contributed by atoms with van der Waals surface area (Å²) in [5.74, 6) is 1.85. The molecule has 1 aliphatic heterocycles. The zero-order valence-electron chi connectivity index (χ0n) is 9.78. The fraction of sp³-hybridized carbons (Fsp3) is 0.462. The molecule has 0 bridgehead atoms. The predicted octanol–water partition coefficient (Wildman–Crippen LogP) is 2.21. The van der Waals surface area contributed by atoms with E-state index in [0.717, 1.165) is 42.5 Å². The monoisotopic (exact) mass is 231 g/mol. The normalized spacial score (nSPS) is 17.4. The van der Waals surface area contributed by atoms with Crippen LogP contribution in [-0.2, 0) is 6.42 Å². The molecule has 0 radical (unpaired) electrons. The van der Waals surface area contributed by atoms with Crippen molar-refractivity contribution in [3.8, 4) is 11.3 Å². The molecule has 4 nitrogen and oxygen atoms in total. The topological polar surface area (TPSA) is 53.9 Å². The van der Waals surface area contributed by atoms with Gasteiger partial charge in [0.15, 0.2) is 0 Å². The van der Waals surface area contributed by atoms with Gasteiger partial charge in [-0.15, -0.1) is 0 Å². The molecule has 3 heterocycles. The first-order valence-electron chi connectivity index (χ1n) is 6.19. The van der Waals surface area contributed by atoms with Crippen molar-refractivity contribution in [2.75, 3.05) is 13.1 Å². The molecule has 0 spiro atoms. The Morgan fingerprint density at radius 3 is 3.00 bits per heavy atom. The Hall–Kier alpha value is -1.55. The molecule has 0 saturated carbocycles. The first kappa shape index (κ1) is 10.6. The summed E-state index contributed by atoms with van der Waals surface area (Å²) < 4.78 is 5.07. The second-order valence-corrected chi connectivity index (χ2v) is 4.65. The first-order valence-corrected chi connectivity index (χ1v) is 6.19. The second-order valence-electron chi connectivity index (χ2n) is 4.65. The summed E-state index contributed by atoms with van der Waals surface area (Å²) in [6.07, 6.45) is 8.87. The van der Waals surface area contributed by atoms with Crippen molar-refractivity contribution in [3.05, 3.63) is 30.6 Å². The molecule has 1 fully saturated rings. The summed E-state index contributed by atoms with van der Waals surface area (Å²) in [6, 6.07) is 1.95. The quantitative estimate of drug-likeness (QED) is 0.851. The van der Waals surface area contributed by atoms with Crippen LogP contribution in [0.25, 0.3) is 11.3 Å². The number of hydrogen-bond donors (Lipinski definition) is 2. The maximum atomic E-state index is 5.07. The summed E-state index contributed by atoms with van der Waals surface area (Å²) >= 11 is 0. The average molecular weight is 231 g/mol. The van der Waals surface area contributed by atoms with Crippen LogP contribution in [0.1, 0.15) is 18.7 Å². The molecule has 4 heteroatoms. The molecular formula is C13H17N3O. The Morgan fingerprint density at radius 1 is 1.35 bits per heavy atom. The van der Waals surface area contributed by atoms with Crippen LogP contribution in [0.4, 0.5) is 0 Å². The van der Waals surface area contributed by atoms with Crippen molar-refractivity contribution in [1.82, 2.24) is 15.3 Å². The Morgan fingerprint density at radius 2 is 2.24 bits per heavy atom. The third-order valence-corrected chi connectivity index (χ3v) is 3.40. The third-order valence-electron chi connectivity index (χ3n) is 3.40. The Bertz CT molecular complexity index is 455. The highest BCUT2D eigenvalue weighted by molar-refractivity contribution is 5.56.